The first-order valence-electron chi connectivity index (χ1n) is 7.21. The summed E-state index contributed by atoms with van der Waals surface area (Å²) in [7, 11) is 0. The molecule has 1 rings (SSSR count). The number of hydrogen-bond acceptors (Lipinski definition) is 3. The van der Waals surface area contributed by atoms with Crippen LogP contribution in [0.25, 0.3) is 0 Å². The van der Waals surface area contributed by atoms with E-state index in [0.29, 0.717) is 12.1 Å². The molecular weight excluding hydrogens is 228 g/mol. The molecule has 1 aliphatic rings. The molecule has 0 aromatic carbocycles. The molecule has 0 aromatic heterocycles. The normalized spacial score (nSPS) is 21.7. The van der Waals surface area contributed by atoms with E-state index in [1.165, 1.54) is 19.3 Å². The van der Waals surface area contributed by atoms with Crippen molar-refractivity contribution in [3.05, 3.63) is 0 Å². The Morgan fingerprint density at radius 3 is 2.28 bits per heavy atom. The van der Waals surface area contributed by atoms with Crippen molar-refractivity contribution in [1.29, 1.82) is 0 Å². The predicted octanol–water partition coefficient (Wildman–Crippen LogP) is 2.05. The molecule has 0 aliphatic carbocycles. The maximum absolute atomic E-state index is 10.6. The van der Waals surface area contributed by atoms with E-state index in [9.17, 15) is 4.79 Å². The lowest BCUT2D eigenvalue weighted by Crippen LogP contribution is -2.55. The second kappa shape index (κ2) is 7.10. The molecular formula is C14H28N2O2. The summed E-state index contributed by atoms with van der Waals surface area (Å²) >= 11 is 0. The summed E-state index contributed by atoms with van der Waals surface area (Å²) in [5.41, 5.74) is 0.327. The first-order chi connectivity index (χ1) is 8.51. The molecule has 0 radical (unpaired) electrons. The van der Waals surface area contributed by atoms with Crippen molar-refractivity contribution in [3.8, 4) is 0 Å². The standard InChI is InChI=1S/C14H28N2O2/c1-4-7-14(3,5-2)16-11-9-15(10-12-16)8-6-13(17)18/h4-12H2,1-3H3,(H,17,18). The van der Waals surface area contributed by atoms with E-state index in [1.807, 2.05) is 0 Å². The molecule has 1 aliphatic heterocycles. The Balaban J connectivity index is 2.40. The Morgan fingerprint density at radius 1 is 1.22 bits per heavy atom. The number of carboxylic acids is 1. The number of piperazine rings is 1. The molecule has 1 heterocycles. The lowest BCUT2D eigenvalue weighted by molar-refractivity contribution is -0.137. The van der Waals surface area contributed by atoms with Crippen molar-refractivity contribution < 1.29 is 9.90 Å². The summed E-state index contributed by atoms with van der Waals surface area (Å²) < 4.78 is 0. The van der Waals surface area contributed by atoms with Gasteiger partial charge in [-0.05, 0) is 19.8 Å². The maximum Gasteiger partial charge on any atom is 0.304 e. The minimum Gasteiger partial charge on any atom is -0.481 e. The second-order valence-corrected chi connectivity index (χ2v) is 5.57. The zero-order valence-electron chi connectivity index (χ0n) is 12.1. The van der Waals surface area contributed by atoms with Crippen LogP contribution in [-0.2, 0) is 4.79 Å². The lowest BCUT2D eigenvalue weighted by atomic mass is 9.90. The predicted molar refractivity (Wildman–Crippen MR) is 73.9 cm³/mol. The second-order valence-electron chi connectivity index (χ2n) is 5.57. The van der Waals surface area contributed by atoms with Crippen molar-refractivity contribution in [3.63, 3.8) is 0 Å². The van der Waals surface area contributed by atoms with Crippen molar-refractivity contribution in [2.45, 2.75) is 52.0 Å². The minimum atomic E-state index is -0.693. The van der Waals surface area contributed by atoms with Crippen LogP contribution < -0.4 is 0 Å². The van der Waals surface area contributed by atoms with Crippen LogP contribution in [0.1, 0.15) is 46.5 Å². The molecule has 106 valence electrons. The van der Waals surface area contributed by atoms with Crippen LogP contribution in [0.15, 0.2) is 0 Å². The molecule has 4 nitrogen and oxygen atoms in total. The third-order valence-electron chi connectivity index (χ3n) is 4.33. The number of aliphatic carboxylic acids is 1. The number of nitrogens with zero attached hydrogens (tertiary/aromatic N) is 2. The van der Waals surface area contributed by atoms with E-state index >= 15 is 0 Å². The van der Waals surface area contributed by atoms with E-state index in [2.05, 4.69) is 30.6 Å². The summed E-state index contributed by atoms with van der Waals surface area (Å²) in [6.45, 7) is 11.7. The van der Waals surface area contributed by atoms with Gasteiger partial charge >= 0.3 is 5.97 Å². The van der Waals surface area contributed by atoms with Crippen molar-refractivity contribution in [2.24, 2.45) is 0 Å². The van der Waals surface area contributed by atoms with Gasteiger partial charge in [0.2, 0.25) is 0 Å². The lowest BCUT2D eigenvalue weighted by Gasteiger charge is -2.45. The van der Waals surface area contributed by atoms with Gasteiger partial charge in [0.05, 0.1) is 6.42 Å². The molecule has 0 saturated carbocycles. The average Bonchev–Trinajstić information content (AvgIpc) is 2.37. The van der Waals surface area contributed by atoms with Gasteiger partial charge in [-0.1, -0.05) is 20.3 Å². The topological polar surface area (TPSA) is 43.8 Å². The molecule has 0 spiro atoms. The summed E-state index contributed by atoms with van der Waals surface area (Å²) in [6, 6.07) is 0. The monoisotopic (exact) mass is 256 g/mol. The summed E-state index contributed by atoms with van der Waals surface area (Å²) in [4.78, 5) is 15.4. The fourth-order valence-electron chi connectivity index (χ4n) is 2.86. The number of rotatable bonds is 7. The van der Waals surface area contributed by atoms with E-state index in [-0.39, 0.29) is 6.42 Å². The zero-order chi connectivity index (χ0) is 13.6. The molecule has 0 aromatic rings. The highest BCUT2D eigenvalue weighted by atomic mass is 16.4. The SMILES string of the molecule is CCCC(C)(CC)N1CCN(CCC(=O)O)CC1. The fourth-order valence-corrected chi connectivity index (χ4v) is 2.86. The molecule has 0 amide bonds. The molecule has 18 heavy (non-hydrogen) atoms. The Morgan fingerprint density at radius 2 is 1.83 bits per heavy atom. The number of carbonyl (C=O) groups is 1. The molecule has 1 fully saturated rings. The largest absolute Gasteiger partial charge is 0.481 e. The van der Waals surface area contributed by atoms with Gasteiger partial charge in [0, 0.05) is 38.3 Å². The average molecular weight is 256 g/mol. The van der Waals surface area contributed by atoms with Crippen LogP contribution in [0, 0.1) is 0 Å². The first-order valence-corrected chi connectivity index (χ1v) is 7.21. The maximum atomic E-state index is 10.6. The molecule has 1 saturated heterocycles. The Bertz CT molecular complexity index is 263. The zero-order valence-corrected chi connectivity index (χ0v) is 12.1. The van der Waals surface area contributed by atoms with Gasteiger partial charge in [0.15, 0.2) is 0 Å². The third-order valence-corrected chi connectivity index (χ3v) is 4.33. The smallest absolute Gasteiger partial charge is 0.304 e. The van der Waals surface area contributed by atoms with Crippen LogP contribution in [0.5, 0.6) is 0 Å². The highest BCUT2D eigenvalue weighted by Gasteiger charge is 2.31. The van der Waals surface area contributed by atoms with Crippen molar-refractivity contribution in [2.75, 3.05) is 32.7 Å². The van der Waals surface area contributed by atoms with Crippen LogP contribution >= 0.6 is 0 Å². The van der Waals surface area contributed by atoms with Gasteiger partial charge in [0.1, 0.15) is 0 Å². The van der Waals surface area contributed by atoms with E-state index in [4.69, 9.17) is 5.11 Å². The quantitative estimate of drug-likeness (QED) is 0.757. The van der Waals surface area contributed by atoms with Gasteiger partial charge in [-0.3, -0.25) is 9.69 Å². The van der Waals surface area contributed by atoms with Crippen molar-refractivity contribution >= 4 is 5.97 Å². The van der Waals surface area contributed by atoms with Crippen LogP contribution in [0.3, 0.4) is 0 Å². The highest BCUT2D eigenvalue weighted by Crippen LogP contribution is 2.26. The third kappa shape index (κ3) is 4.25. The van der Waals surface area contributed by atoms with Crippen LogP contribution in [0.2, 0.25) is 0 Å². The van der Waals surface area contributed by atoms with Gasteiger partial charge < -0.3 is 10.0 Å². The highest BCUT2D eigenvalue weighted by molar-refractivity contribution is 5.66. The summed E-state index contributed by atoms with van der Waals surface area (Å²) in [5.74, 6) is -0.693. The van der Waals surface area contributed by atoms with E-state index < -0.39 is 5.97 Å². The number of hydrogen-bond donors (Lipinski definition) is 1. The summed E-state index contributed by atoms with van der Waals surface area (Å²) in [5, 5.41) is 8.70. The minimum absolute atomic E-state index is 0.264. The van der Waals surface area contributed by atoms with E-state index in [1.54, 1.807) is 0 Å². The molecule has 1 unspecified atom stereocenters. The molecule has 1 N–H and O–H groups in total. The molecule has 1 atom stereocenters. The Hall–Kier alpha value is -0.610. The van der Waals surface area contributed by atoms with Crippen LogP contribution in [0.4, 0.5) is 0 Å². The molecule has 4 heteroatoms. The van der Waals surface area contributed by atoms with Gasteiger partial charge in [-0.2, -0.15) is 0 Å². The van der Waals surface area contributed by atoms with E-state index in [0.717, 1.165) is 26.2 Å². The Labute approximate surface area is 111 Å². The Kier molecular flexibility index (Phi) is 6.09. The fraction of sp³-hybridized carbons (Fsp3) is 0.929. The molecule has 0 bridgehead atoms. The van der Waals surface area contributed by atoms with Gasteiger partial charge in [-0.25, -0.2) is 0 Å². The van der Waals surface area contributed by atoms with Crippen LogP contribution in [-0.4, -0.2) is 59.1 Å². The first kappa shape index (κ1) is 15.4. The summed E-state index contributed by atoms with van der Waals surface area (Å²) in [6.07, 6.45) is 3.93. The van der Waals surface area contributed by atoms with Crippen molar-refractivity contribution in [1.82, 2.24) is 9.80 Å². The van der Waals surface area contributed by atoms with Gasteiger partial charge in [0.25, 0.3) is 0 Å². The number of carboxylic acid groups (broad SMARTS) is 1. The van der Waals surface area contributed by atoms with Gasteiger partial charge in [-0.15, -0.1) is 0 Å².